The number of esters is 1. The van der Waals surface area contributed by atoms with Gasteiger partial charge in [-0.1, -0.05) is 17.7 Å². The van der Waals surface area contributed by atoms with Gasteiger partial charge in [0.25, 0.3) is 10.1 Å². The predicted molar refractivity (Wildman–Crippen MR) is 84.3 cm³/mol. The average molecular weight is 345 g/mol. The monoisotopic (exact) mass is 345 g/mol. The van der Waals surface area contributed by atoms with Crippen LogP contribution in [0.2, 0.25) is 0 Å². The summed E-state index contributed by atoms with van der Waals surface area (Å²) < 4.78 is 39.7. The van der Waals surface area contributed by atoms with Gasteiger partial charge < -0.3 is 15.2 Å². The van der Waals surface area contributed by atoms with E-state index in [1.54, 1.807) is 19.1 Å². The predicted octanol–water partition coefficient (Wildman–Crippen LogP) is 1.65. The van der Waals surface area contributed by atoms with Crippen molar-refractivity contribution in [3.05, 3.63) is 29.8 Å². The SMILES string of the molecule is C[C@H](N)C(=O)OC1CCCCO1.Cc1ccc(S(=O)(=O)O)cc1. The van der Waals surface area contributed by atoms with E-state index in [9.17, 15) is 13.2 Å². The van der Waals surface area contributed by atoms with Crippen LogP contribution < -0.4 is 5.73 Å². The Bertz CT molecular complexity index is 591. The third-order valence-corrected chi connectivity index (χ3v) is 3.94. The molecule has 7 nitrogen and oxygen atoms in total. The van der Waals surface area contributed by atoms with Gasteiger partial charge in [-0.25, -0.2) is 0 Å². The van der Waals surface area contributed by atoms with Gasteiger partial charge >= 0.3 is 5.97 Å². The number of aryl methyl sites for hydroxylation is 1. The van der Waals surface area contributed by atoms with Crippen LogP contribution in [-0.4, -0.2) is 37.9 Å². The molecule has 1 fully saturated rings. The fraction of sp³-hybridized carbons (Fsp3) is 0.533. The molecule has 0 aromatic heterocycles. The highest BCUT2D eigenvalue weighted by molar-refractivity contribution is 7.85. The van der Waals surface area contributed by atoms with Crippen molar-refractivity contribution < 1.29 is 27.2 Å². The second kappa shape index (κ2) is 8.97. The minimum atomic E-state index is -4.02. The Morgan fingerprint density at radius 3 is 2.39 bits per heavy atom. The molecule has 0 radical (unpaired) electrons. The van der Waals surface area contributed by atoms with Crippen molar-refractivity contribution in [2.45, 2.75) is 50.3 Å². The van der Waals surface area contributed by atoms with Gasteiger partial charge in [0.1, 0.15) is 6.04 Å². The van der Waals surface area contributed by atoms with Crippen molar-refractivity contribution in [1.29, 1.82) is 0 Å². The van der Waals surface area contributed by atoms with Gasteiger partial charge in [-0.05, 0) is 38.8 Å². The van der Waals surface area contributed by atoms with Crippen molar-refractivity contribution in [3.63, 3.8) is 0 Å². The molecular formula is C15H23NO6S. The number of hydrogen-bond donors (Lipinski definition) is 2. The number of ether oxygens (including phenoxy) is 2. The summed E-state index contributed by atoms with van der Waals surface area (Å²) in [6.07, 6.45) is 2.53. The average Bonchev–Trinajstić information content (AvgIpc) is 2.48. The maximum absolute atomic E-state index is 11.0. The highest BCUT2D eigenvalue weighted by Crippen LogP contribution is 2.13. The fourth-order valence-electron chi connectivity index (χ4n) is 1.75. The third kappa shape index (κ3) is 7.56. The Balaban J connectivity index is 0.000000231. The van der Waals surface area contributed by atoms with E-state index in [2.05, 4.69) is 0 Å². The minimum absolute atomic E-state index is 0.0666. The molecule has 1 aromatic carbocycles. The Morgan fingerprint density at radius 2 is 1.96 bits per heavy atom. The molecule has 0 amide bonds. The lowest BCUT2D eigenvalue weighted by Crippen LogP contribution is -2.34. The van der Waals surface area contributed by atoms with Crippen LogP contribution in [0.5, 0.6) is 0 Å². The number of hydrogen-bond acceptors (Lipinski definition) is 6. The van der Waals surface area contributed by atoms with Gasteiger partial charge in [0.05, 0.1) is 11.5 Å². The molecular weight excluding hydrogens is 322 g/mol. The van der Waals surface area contributed by atoms with Crippen molar-refractivity contribution in [3.8, 4) is 0 Å². The highest BCUT2D eigenvalue weighted by Gasteiger charge is 2.19. The molecule has 1 aliphatic rings. The molecule has 0 aliphatic carbocycles. The number of carbonyl (C=O) groups is 1. The standard InChI is InChI=1S/C8H15NO3.C7H8O3S/c1-6(9)8(10)12-7-4-2-3-5-11-7;1-6-2-4-7(5-3-6)11(8,9)10/h6-7H,2-5,9H2,1H3;2-5H,1H3,(H,8,9,10)/t6-,7?;/m0./s1. The number of carbonyl (C=O) groups excluding carboxylic acids is 1. The lowest BCUT2D eigenvalue weighted by molar-refractivity contribution is -0.187. The van der Waals surface area contributed by atoms with Gasteiger partial charge in [0.15, 0.2) is 0 Å². The zero-order valence-electron chi connectivity index (χ0n) is 13.3. The first-order valence-electron chi connectivity index (χ1n) is 7.32. The molecule has 2 rings (SSSR count). The Hall–Kier alpha value is -1.48. The summed E-state index contributed by atoms with van der Waals surface area (Å²) in [5, 5.41) is 0. The summed E-state index contributed by atoms with van der Waals surface area (Å²) in [7, 11) is -4.02. The third-order valence-electron chi connectivity index (χ3n) is 3.08. The summed E-state index contributed by atoms with van der Waals surface area (Å²) >= 11 is 0. The lowest BCUT2D eigenvalue weighted by Gasteiger charge is -2.22. The fourth-order valence-corrected chi connectivity index (χ4v) is 2.23. The van der Waals surface area contributed by atoms with E-state index in [4.69, 9.17) is 19.8 Å². The summed E-state index contributed by atoms with van der Waals surface area (Å²) in [5.74, 6) is -0.387. The first kappa shape index (κ1) is 19.6. The van der Waals surface area contributed by atoms with Crippen LogP contribution in [0.1, 0.15) is 31.7 Å². The maximum atomic E-state index is 11.0. The molecule has 2 atom stereocenters. The first-order chi connectivity index (χ1) is 10.7. The van der Waals surface area contributed by atoms with Crippen molar-refractivity contribution in [1.82, 2.24) is 0 Å². The van der Waals surface area contributed by atoms with Crippen LogP contribution in [0.3, 0.4) is 0 Å². The molecule has 23 heavy (non-hydrogen) atoms. The Kier molecular flexibility index (Phi) is 7.63. The lowest BCUT2D eigenvalue weighted by atomic mass is 10.2. The van der Waals surface area contributed by atoms with E-state index in [-0.39, 0.29) is 17.2 Å². The van der Waals surface area contributed by atoms with E-state index in [1.807, 2.05) is 6.92 Å². The van der Waals surface area contributed by atoms with Gasteiger partial charge in [0, 0.05) is 6.42 Å². The molecule has 0 spiro atoms. The van der Waals surface area contributed by atoms with E-state index in [0.717, 1.165) is 24.8 Å². The maximum Gasteiger partial charge on any atom is 0.324 e. The topological polar surface area (TPSA) is 116 Å². The normalized spacial score (nSPS) is 19.2. The molecule has 0 bridgehead atoms. The van der Waals surface area contributed by atoms with Crippen LogP contribution in [-0.2, 0) is 24.4 Å². The van der Waals surface area contributed by atoms with Crippen molar-refractivity contribution in [2.75, 3.05) is 6.61 Å². The van der Waals surface area contributed by atoms with E-state index >= 15 is 0 Å². The quantitative estimate of drug-likeness (QED) is 0.632. The van der Waals surface area contributed by atoms with Crippen LogP contribution in [0.4, 0.5) is 0 Å². The van der Waals surface area contributed by atoms with Crippen molar-refractivity contribution in [2.24, 2.45) is 5.73 Å². The molecule has 8 heteroatoms. The van der Waals surface area contributed by atoms with Crippen LogP contribution in [0.15, 0.2) is 29.2 Å². The zero-order valence-corrected chi connectivity index (χ0v) is 14.1. The zero-order chi connectivity index (χ0) is 17.5. The van der Waals surface area contributed by atoms with E-state index in [1.165, 1.54) is 12.1 Å². The summed E-state index contributed by atoms with van der Waals surface area (Å²) in [6.45, 7) is 4.12. The second-order valence-corrected chi connectivity index (χ2v) is 6.73. The Morgan fingerprint density at radius 1 is 1.35 bits per heavy atom. The molecule has 1 aliphatic heterocycles. The first-order valence-corrected chi connectivity index (χ1v) is 8.76. The second-order valence-electron chi connectivity index (χ2n) is 5.31. The van der Waals surface area contributed by atoms with Gasteiger partial charge in [0.2, 0.25) is 6.29 Å². The van der Waals surface area contributed by atoms with E-state index < -0.39 is 16.2 Å². The molecule has 1 unspecified atom stereocenters. The van der Waals surface area contributed by atoms with Gasteiger partial charge in [-0.3, -0.25) is 9.35 Å². The molecule has 130 valence electrons. The summed E-state index contributed by atoms with van der Waals surface area (Å²) in [5.41, 5.74) is 6.28. The van der Waals surface area contributed by atoms with Crippen molar-refractivity contribution >= 4 is 16.1 Å². The smallest absolute Gasteiger partial charge is 0.324 e. The van der Waals surface area contributed by atoms with Crippen LogP contribution >= 0.6 is 0 Å². The molecule has 1 heterocycles. The Labute approximate surface area is 136 Å². The molecule has 1 aromatic rings. The van der Waals surface area contributed by atoms with Gasteiger partial charge in [-0.2, -0.15) is 8.42 Å². The number of rotatable bonds is 3. The molecule has 3 N–H and O–H groups in total. The van der Waals surface area contributed by atoms with Gasteiger partial charge in [-0.15, -0.1) is 0 Å². The summed E-state index contributed by atoms with van der Waals surface area (Å²) in [6, 6.07) is 5.43. The number of benzene rings is 1. The largest absolute Gasteiger partial charge is 0.435 e. The summed E-state index contributed by atoms with van der Waals surface area (Å²) in [4.78, 5) is 10.9. The molecule has 0 saturated carbocycles. The van der Waals surface area contributed by atoms with Crippen LogP contribution in [0.25, 0.3) is 0 Å². The highest BCUT2D eigenvalue weighted by atomic mass is 32.2. The number of nitrogens with two attached hydrogens (primary N) is 1. The molecule has 1 saturated heterocycles. The van der Waals surface area contributed by atoms with Crippen LogP contribution in [0, 0.1) is 6.92 Å². The minimum Gasteiger partial charge on any atom is -0.435 e. The van der Waals surface area contributed by atoms with E-state index in [0.29, 0.717) is 6.61 Å².